The van der Waals surface area contributed by atoms with Gasteiger partial charge in [0.25, 0.3) is 5.69 Å². The fourth-order valence-electron chi connectivity index (χ4n) is 1.16. The van der Waals surface area contributed by atoms with E-state index in [1.165, 1.54) is 18.2 Å². The summed E-state index contributed by atoms with van der Waals surface area (Å²) in [6.45, 7) is 0.165. The van der Waals surface area contributed by atoms with Crippen molar-refractivity contribution in [3.8, 4) is 6.07 Å². The molecule has 0 saturated heterocycles. The van der Waals surface area contributed by atoms with Gasteiger partial charge in [-0.25, -0.2) is 0 Å². The van der Waals surface area contributed by atoms with Crippen molar-refractivity contribution in [1.82, 2.24) is 0 Å². The number of hydrogen-bond acceptors (Lipinski definition) is 4. The predicted molar refractivity (Wildman–Crippen MR) is 60.9 cm³/mol. The third-order valence-corrected chi connectivity index (χ3v) is 1.92. The van der Waals surface area contributed by atoms with E-state index in [2.05, 4.69) is 10.0 Å². The smallest absolute Gasteiger partial charge is 0.258 e. The Kier molecular flexibility index (Phi) is 4.25. The molecule has 1 aromatic rings. The topological polar surface area (TPSA) is 116 Å². The van der Waals surface area contributed by atoms with Crippen molar-refractivity contribution in [3.63, 3.8) is 0 Å². The summed E-state index contributed by atoms with van der Waals surface area (Å²) in [5.74, 6) is 0. The maximum atomic E-state index is 10.5. The zero-order valence-corrected chi connectivity index (χ0v) is 8.65. The summed E-state index contributed by atoms with van der Waals surface area (Å²) in [7, 11) is 0. The van der Waals surface area contributed by atoms with E-state index in [1.54, 1.807) is 12.2 Å². The molecule has 0 unspecified atom stereocenters. The van der Waals surface area contributed by atoms with Gasteiger partial charge in [-0.15, -0.1) is 0 Å². The number of benzene rings is 1. The van der Waals surface area contributed by atoms with Crippen LogP contribution in [0.2, 0.25) is 0 Å². The molecule has 0 aromatic heterocycles. The lowest BCUT2D eigenvalue weighted by atomic mass is 10.1. The van der Waals surface area contributed by atoms with Crippen molar-refractivity contribution in [1.29, 1.82) is 5.26 Å². The van der Waals surface area contributed by atoms with E-state index in [0.29, 0.717) is 5.56 Å². The summed E-state index contributed by atoms with van der Waals surface area (Å²) in [6.07, 6.45) is 3.15. The Morgan fingerprint density at radius 3 is 3.00 bits per heavy atom. The van der Waals surface area contributed by atoms with Gasteiger partial charge in [0, 0.05) is 23.6 Å². The minimum Gasteiger partial charge on any atom is -0.258 e. The van der Waals surface area contributed by atoms with Gasteiger partial charge < -0.3 is 0 Å². The molecule has 0 aliphatic rings. The van der Waals surface area contributed by atoms with E-state index >= 15 is 0 Å². The maximum Gasteiger partial charge on any atom is 0.270 e. The SMILES string of the molecule is N#Cc1cc([N+](=O)[O-])ccc1C=CCN=[N+]=[N-]. The molecular weight excluding hydrogens is 222 g/mol. The quantitative estimate of drug-likeness (QED) is 0.259. The van der Waals surface area contributed by atoms with Gasteiger partial charge in [-0.3, -0.25) is 10.1 Å². The number of nitro groups is 1. The van der Waals surface area contributed by atoms with Crippen LogP contribution in [0.5, 0.6) is 0 Å². The minimum absolute atomic E-state index is 0.131. The van der Waals surface area contributed by atoms with E-state index in [9.17, 15) is 10.1 Å². The van der Waals surface area contributed by atoms with Crippen LogP contribution in [0.3, 0.4) is 0 Å². The molecule has 7 heteroatoms. The van der Waals surface area contributed by atoms with Gasteiger partial charge in [0.1, 0.15) is 6.07 Å². The zero-order valence-electron chi connectivity index (χ0n) is 8.65. The largest absolute Gasteiger partial charge is 0.270 e. The van der Waals surface area contributed by atoms with Crippen LogP contribution in [0.1, 0.15) is 11.1 Å². The highest BCUT2D eigenvalue weighted by Gasteiger charge is 2.08. The molecular formula is C10H7N5O2. The Bertz CT molecular complexity index is 552. The van der Waals surface area contributed by atoms with Crippen molar-refractivity contribution in [2.45, 2.75) is 0 Å². The Morgan fingerprint density at radius 1 is 1.65 bits per heavy atom. The van der Waals surface area contributed by atoms with Crippen molar-refractivity contribution in [2.24, 2.45) is 5.11 Å². The van der Waals surface area contributed by atoms with Gasteiger partial charge in [-0.2, -0.15) is 5.26 Å². The van der Waals surface area contributed by atoms with Gasteiger partial charge in [0.15, 0.2) is 0 Å². The second-order valence-corrected chi connectivity index (χ2v) is 2.96. The van der Waals surface area contributed by atoms with Crippen molar-refractivity contribution < 1.29 is 4.92 Å². The van der Waals surface area contributed by atoms with Crippen LogP contribution in [-0.2, 0) is 0 Å². The molecule has 0 saturated carbocycles. The summed E-state index contributed by atoms with van der Waals surface area (Å²) < 4.78 is 0. The fourth-order valence-corrected chi connectivity index (χ4v) is 1.16. The third kappa shape index (κ3) is 3.34. The number of hydrogen-bond donors (Lipinski definition) is 0. The molecule has 0 aliphatic heterocycles. The first-order valence-corrected chi connectivity index (χ1v) is 4.55. The average Bonchev–Trinajstić information content (AvgIpc) is 2.34. The molecule has 17 heavy (non-hydrogen) atoms. The number of rotatable bonds is 4. The molecule has 0 N–H and O–H groups in total. The standard InChI is InChI=1S/C10H7N5O2/c11-7-9-6-10(15(16)17)4-3-8(9)2-1-5-13-14-12/h1-4,6H,5H2. The molecule has 0 amide bonds. The zero-order chi connectivity index (χ0) is 12.7. The predicted octanol–water partition coefficient (Wildman–Crippen LogP) is 2.79. The van der Waals surface area contributed by atoms with Gasteiger partial charge in [-0.05, 0) is 17.2 Å². The number of nitriles is 1. The Balaban J connectivity index is 3.01. The summed E-state index contributed by atoms with van der Waals surface area (Å²) >= 11 is 0. The van der Waals surface area contributed by atoms with E-state index in [1.807, 2.05) is 6.07 Å². The minimum atomic E-state index is -0.561. The number of nitro benzene ring substituents is 1. The fraction of sp³-hybridized carbons (Fsp3) is 0.100. The second kappa shape index (κ2) is 5.90. The number of azide groups is 1. The first-order valence-electron chi connectivity index (χ1n) is 4.55. The van der Waals surface area contributed by atoms with Crippen LogP contribution in [0.25, 0.3) is 16.5 Å². The van der Waals surface area contributed by atoms with Crippen LogP contribution in [0.4, 0.5) is 5.69 Å². The summed E-state index contributed by atoms with van der Waals surface area (Å²) in [4.78, 5) is 12.5. The highest BCUT2D eigenvalue weighted by Crippen LogP contribution is 2.18. The highest BCUT2D eigenvalue weighted by molar-refractivity contribution is 5.61. The molecule has 0 fully saturated rings. The Labute approximate surface area is 96.4 Å². The van der Waals surface area contributed by atoms with Crippen molar-refractivity contribution in [3.05, 3.63) is 56.0 Å². The molecule has 84 valence electrons. The van der Waals surface area contributed by atoms with Gasteiger partial charge in [0.05, 0.1) is 10.5 Å². The van der Waals surface area contributed by atoms with Crippen LogP contribution in [0, 0.1) is 21.4 Å². The number of non-ortho nitro benzene ring substituents is 1. The van der Waals surface area contributed by atoms with Crippen LogP contribution >= 0.6 is 0 Å². The van der Waals surface area contributed by atoms with Crippen molar-refractivity contribution >= 4 is 11.8 Å². The molecule has 0 spiro atoms. The number of nitrogens with zero attached hydrogens (tertiary/aromatic N) is 5. The van der Waals surface area contributed by atoms with Crippen LogP contribution in [-0.4, -0.2) is 11.5 Å². The Morgan fingerprint density at radius 2 is 2.41 bits per heavy atom. The van der Waals surface area contributed by atoms with E-state index < -0.39 is 4.92 Å². The summed E-state index contributed by atoms with van der Waals surface area (Å²) in [5, 5.41) is 22.6. The highest BCUT2D eigenvalue weighted by atomic mass is 16.6. The molecule has 7 nitrogen and oxygen atoms in total. The van der Waals surface area contributed by atoms with E-state index in [0.717, 1.165) is 0 Å². The molecule has 0 heterocycles. The van der Waals surface area contributed by atoms with Gasteiger partial charge in [-0.1, -0.05) is 17.3 Å². The van der Waals surface area contributed by atoms with Crippen molar-refractivity contribution in [2.75, 3.05) is 6.54 Å². The normalized spacial score (nSPS) is 9.59. The molecule has 1 aromatic carbocycles. The maximum absolute atomic E-state index is 10.5. The lowest BCUT2D eigenvalue weighted by Crippen LogP contribution is -1.90. The van der Waals surface area contributed by atoms with E-state index in [4.69, 9.17) is 10.8 Å². The summed E-state index contributed by atoms with van der Waals surface area (Å²) in [5.41, 5.74) is 8.68. The first-order chi connectivity index (χ1) is 8.19. The molecule has 0 atom stereocenters. The first kappa shape index (κ1) is 12.2. The van der Waals surface area contributed by atoms with Crippen LogP contribution < -0.4 is 0 Å². The lowest BCUT2D eigenvalue weighted by Gasteiger charge is -1.97. The molecule has 0 radical (unpaired) electrons. The molecule has 1 rings (SSSR count). The van der Waals surface area contributed by atoms with Gasteiger partial charge >= 0.3 is 0 Å². The second-order valence-electron chi connectivity index (χ2n) is 2.96. The van der Waals surface area contributed by atoms with E-state index in [-0.39, 0.29) is 17.8 Å². The monoisotopic (exact) mass is 229 g/mol. The average molecular weight is 229 g/mol. The molecule has 0 bridgehead atoms. The Hall–Kier alpha value is -2.84. The molecule has 0 aliphatic carbocycles. The van der Waals surface area contributed by atoms with Gasteiger partial charge in [0.2, 0.25) is 0 Å². The summed E-state index contributed by atoms with van der Waals surface area (Å²) in [6, 6.07) is 5.86. The third-order valence-electron chi connectivity index (χ3n) is 1.92. The lowest BCUT2D eigenvalue weighted by molar-refractivity contribution is -0.384. The van der Waals surface area contributed by atoms with Crippen LogP contribution in [0.15, 0.2) is 29.4 Å².